The fourth-order valence-corrected chi connectivity index (χ4v) is 8.67. The van der Waals surface area contributed by atoms with Crippen LogP contribution in [0.5, 0.6) is 0 Å². The minimum Gasteiger partial charge on any atom is -0.283 e. The second kappa shape index (κ2) is 10.2. The average molecular weight is 634 g/mol. The van der Waals surface area contributed by atoms with Crippen LogP contribution >= 0.6 is 11.3 Å². The highest BCUT2D eigenvalue weighted by atomic mass is 32.1. The zero-order valence-corrected chi connectivity index (χ0v) is 26.8. The fraction of sp³-hybridized carbons (Fsp3) is 0.0238. The normalized spacial score (nSPS) is 12.5. The summed E-state index contributed by atoms with van der Waals surface area (Å²) >= 11 is 1.80. The Balaban J connectivity index is 1.40. The van der Waals surface area contributed by atoms with Crippen LogP contribution < -0.4 is 0 Å². The lowest BCUT2D eigenvalue weighted by atomic mass is 9.98. The summed E-state index contributed by atoms with van der Waals surface area (Å²) < 4.78 is 5.60. The summed E-state index contributed by atoms with van der Waals surface area (Å²) in [6.07, 6.45) is 0. The van der Waals surface area contributed by atoms with Crippen LogP contribution in [0.25, 0.3) is 69.6 Å². The molecule has 226 valence electrons. The van der Waals surface area contributed by atoms with Crippen LogP contribution in [-0.2, 0) is 0 Å². The molecule has 6 heteroatoms. The second-order valence-corrected chi connectivity index (χ2v) is 13.3. The van der Waals surface area contributed by atoms with Gasteiger partial charge >= 0.3 is 0 Å². The van der Waals surface area contributed by atoms with E-state index in [1.807, 2.05) is 47.0 Å². The van der Waals surface area contributed by atoms with E-state index >= 15 is 0 Å². The molecule has 0 spiro atoms. The van der Waals surface area contributed by atoms with Crippen molar-refractivity contribution in [2.24, 2.45) is 4.99 Å². The van der Waals surface area contributed by atoms with Crippen molar-refractivity contribution in [3.8, 4) is 0 Å². The number of aryl methyl sites for hydroxylation is 1. The van der Waals surface area contributed by atoms with Crippen molar-refractivity contribution in [1.29, 1.82) is 5.41 Å². The zero-order valence-electron chi connectivity index (χ0n) is 26.0. The van der Waals surface area contributed by atoms with Crippen LogP contribution in [0.3, 0.4) is 0 Å². The van der Waals surface area contributed by atoms with Gasteiger partial charge in [-0.15, -0.1) is 11.3 Å². The zero-order chi connectivity index (χ0) is 31.9. The van der Waals surface area contributed by atoms with Crippen LogP contribution in [-0.4, -0.2) is 25.6 Å². The first kappa shape index (κ1) is 27.0. The van der Waals surface area contributed by atoms with Crippen molar-refractivity contribution >= 4 is 92.6 Å². The summed E-state index contributed by atoms with van der Waals surface area (Å²) in [4.78, 5) is 11.7. The van der Waals surface area contributed by atoms with E-state index in [0.29, 0.717) is 0 Å². The van der Waals surface area contributed by atoms with Gasteiger partial charge in [-0.1, -0.05) is 115 Å². The molecule has 0 saturated carbocycles. The predicted octanol–water partition coefficient (Wildman–Crippen LogP) is 10.7. The van der Waals surface area contributed by atoms with Gasteiger partial charge in [0.2, 0.25) is 5.96 Å². The van der Waals surface area contributed by atoms with Gasteiger partial charge in [-0.2, -0.15) is 0 Å². The highest BCUT2D eigenvalue weighted by Crippen LogP contribution is 2.45. The standard InChI is InChI=1S/C42H27N5S/c1-25-13-5-6-16-27(25)38(26-14-3-2-4-15-26)45-42(43)46-33-20-10-7-17-28(33)29-23-24-31-36-30-18-8-12-22-35(30)48-41(36)47-34-21-11-9-19-32(34)44-40(47)37(31)39(29)46/h2-24,43H,1H3. The molecule has 5 nitrogen and oxygen atoms in total. The maximum absolute atomic E-state index is 9.82. The smallest absolute Gasteiger partial charge is 0.227 e. The van der Waals surface area contributed by atoms with E-state index in [4.69, 9.17) is 9.98 Å². The number of nitrogens with zero attached hydrogens (tertiary/aromatic N) is 4. The first-order valence-corrected chi connectivity index (χ1v) is 16.8. The van der Waals surface area contributed by atoms with E-state index in [-0.39, 0.29) is 5.96 Å². The second-order valence-electron chi connectivity index (χ2n) is 12.2. The van der Waals surface area contributed by atoms with Gasteiger partial charge in [-0.3, -0.25) is 14.4 Å². The first-order chi connectivity index (χ1) is 23.7. The van der Waals surface area contributed by atoms with E-state index in [1.54, 1.807) is 11.3 Å². The lowest BCUT2D eigenvalue weighted by Gasteiger charge is -2.13. The number of imidazole rings is 1. The summed E-state index contributed by atoms with van der Waals surface area (Å²) in [5.74, 6) is 0.153. The number of aromatic nitrogens is 3. The maximum Gasteiger partial charge on any atom is 0.227 e. The number of pyridine rings is 1. The molecule has 10 rings (SSSR count). The number of para-hydroxylation sites is 3. The number of fused-ring (bicyclic) bond motifs is 14. The van der Waals surface area contributed by atoms with Crippen molar-refractivity contribution < 1.29 is 0 Å². The Morgan fingerprint density at radius 3 is 2.19 bits per heavy atom. The number of hydrogen-bond acceptors (Lipinski definition) is 3. The average Bonchev–Trinajstić information content (AvgIpc) is 3.81. The molecule has 0 amide bonds. The molecule has 0 aliphatic carbocycles. The third-order valence-electron chi connectivity index (χ3n) is 9.55. The van der Waals surface area contributed by atoms with E-state index in [0.717, 1.165) is 71.7 Å². The van der Waals surface area contributed by atoms with Gasteiger partial charge in [0.1, 0.15) is 10.5 Å². The molecule has 0 bridgehead atoms. The summed E-state index contributed by atoms with van der Waals surface area (Å²) in [5, 5.41) is 16.5. The first-order valence-electron chi connectivity index (χ1n) is 16.0. The number of nitrogens with one attached hydrogen (secondary N) is 1. The molecule has 10 aromatic rings. The number of rotatable bonds is 2. The van der Waals surface area contributed by atoms with Gasteiger partial charge in [-0.05, 0) is 42.1 Å². The van der Waals surface area contributed by atoms with Gasteiger partial charge in [0.25, 0.3) is 0 Å². The van der Waals surface area contributed by atoms with Crippen molar-refractivity contribution in [3.05, 3.63) is 156 Å². The molecular weight excluding hydrogens is 607 g/mol. The van der Waals surface area contributed by atoms with Gasteiger partial charge in [-0.25, -0.2) is 9.98 Å². The van der Waals surface area contributed by atoms with Crippen molar-refractivity contribution in [2.45, 2.75) is 6.92 Å². The fourth-order valence-electron chi connectivity index (χ4n) is 7.43. The molecule has 48 heavy (non-hydrogen) atoms. The lowest BCUT2D eigenvalue weighted by molar-refractivity contribution is 1.19. The Hall–Kier alpha value is -6.11. The summed E-state index contributed by atoms with van der Waals surface area (Å²) in [6.45, 7) is 2.10. The SMILES string of the molecule is Cc1ccccc1C(=NC(=N)n1c2ccccc2c2ccc3c(c21)c1nc2ccccc2n1c1sc2ccccc2c31)c1ccccc1. The van der Waals surface area contributed by atoms with E-state index in [1.165, 1.54) is 20.3 Å². The molecule has 0 aliphatic rings. The third kappa shape index (κ3) is 3.75. The van der Waals surface area contributed by atoms with Crippen LogP contribution in [0, 0.1) is 12.3 Å². The molecule has 0 radical (unpaired) electrons. The van der Waals surface area contributed by atoms with Crippen molar-refractivity contribution in [1.82, 2.24) is 14.0 Å². The predicted molar refractivity (Wildman–Crippen MR) is 202 cm³/mol. The Morgan fingerprint density at radius 2 is 1.33 bits per heavy atom. The lowest BCUT2D eigenvalue weighted by Crippen LogP contribution is -2.14. The molecule has 0 fully saturated rings. The molecule has 4 aromatic heterocycles. The van der Waals surface area contributed by atoms with Crippen LogP contribution in [0.15, 0.2) is 145 Å². The largest absolute Gasteiger partial charge is 0.283 e. The molecule has 0 atom stereocenters. The van der Waals surface area contributed by atoms with Gasteiger partial charge in [0.15, 0.2) is 0 Å². The maximum atomic E-state index is 9.82. The number of hydrogen-bond donors (Lipinski definition) is 1. The van der Waals surface area contributed by atoms with E-state index in [2.05, 4.69) is 108 Å². The van der Waals surface area contributed by atoms with E-state index < -0.39 is 0 Å². The van der Waals surface area contributed by atoms with Crippen molar-refractivity contribution in [2.75, 3.05) is 0 Å². The van der Waals surface area contributed by atoms with Gasteiger partial charge in [0, 0.05) is 37.4 Å². The van der Waals surface area contributed by atoms with Crippen LogP contribution in [0.2, 0.25) is 0 Å². The topological polar surface area (TPSA) is 58.4 Å². The summed E-state index contributed by atoms with van der Waals surface area (Å²) in [7, 11) is 0. The minimum absolute atomic E-state index is 0.153. The highest BCUT2D eigenvalue weighted by molar-refractivity contribution is 7.25. The Kier molecular flexibility index (Phi) is 5.74. The molecule has 1 N–H and O–H groups in total. The monoisotopic (exact) mass is 633 g/mol. The number of benzene rings is 6. The summed E-state index contributed by atoms with van der Waals surface area (Å²) in [5.41, 5.74) is 8.65. The van der Waals surface area contributed by atoms with E-state index in [9.17, 15) is 5.41 Å². The van der Waals surface area contributed by atoms with Crippen LogP contribution in [0.1, 0.15) is 16.7 Å². The Labute approximate surface area is 279 Å². The molecular formula is C42H27N5S. The minimum atomic E-state index is 0.153. The van der Waals surface area contributed by atoms with Gasteiger partial charge < -0.3 is 0 Å². The third-order valence-corrected chi connectivity index (χ3v) is 10.7. The quantitative estimate of drug-likeness (QED) is 0.149. The highest BCUT2D eigenvalue weighted by Gasteiger charge is 2.24. The molecule has 0 aliphatic heterocycles. The molecule has 4 heterocycles. The Morgan fingerprint density at radius 1 is 0.646 bits per heavy atom. The number of thiophene rings is 1. The van der Waals surface area contributed by atoms with Crippen LogP contribution in [0.4, 0.5) is 0 Å². The van der Waals surface area contributed by atoms with Gasteiger partial charge in [0.05, 0.1) is 33.2 Å². The number of aliphatic imine (C=N–C) groups is 1. The molecule has 0 unspecified atom stereocenters. The van der Waals surface area contributed by atoms with Crippen molar-refractivity contribution in [3.63, 3.8) is 0 Å². The Bertz CT molecular complexity index is 2980. The molecule has 0 saturated heterocycles. The summed E-state index contributed by atoms with van der Waals surface area (Å²) in [6, 6.07) is 48.3. The molecule has 6 aromatic carbocycles.